The van der Waals surface area contributed by atoms with Crippen LogP contribution in [0.25, 0.3) is 11.4 Å². The Labute approximate surface area is 161 Å². The lowest BCUT2D eigenvalue weighted by molar-refractivity contribution is -0.384. The van der Waals surface area contributed by atoms with Crippen molar-refractivity contribution in [1.82, 2.24) is 15.0 Å². The monoisotopic (exact) mass is 378 g/mol. The molecule has 3 aromatic rings. The molecule has 0 spiro atoms. The highest BCUT2D eigenvalue weighted by Gasteiger charge is 2.20. The van der Waals surface area contributed by atoms with Crippen molar-refractivity contribution in [1.29, 1.82) is 0 Å². The zero-order chi connectivity index (χ0) is 20.1. The number of carbonyl (C=O) groups excluding carboxylic acids is 1. The second-order valence-corrected chi connectivity index (χ2v) is 6.16. The maximum absolute atomic E-state index is 12.8. The van der Waals surface area contributed by atoms with Gasteiger partial charge in [0.05, 0.1) is 4.92 Å². The molecule has 0 aliphatic rings. The normalized spacial score (nSPS) is 10.5. The number of nitrogens with zero attached hydrogens (tertiary/aromatic N) is 4. The van der Waals surface area contributed by atoms with Crippen LogP contribution in [0.5, 0.6) is 0 Å². The molecule has 2 aromatic carbocycles. The molecule has 1 amide bonds. The van der Waals surface area contributed by atoms with E-state index in [0.717, 1.165) is 11.1 Å². The van der Waals surface area contributed by atoms with Crippen LogP contribution in [-0.2, 0) is 6.54 Å². The predicted molar refractivity (Wildman–Crippen MR) is 103 cm³/mol. The van der Waals surface area contributed by atoms with Crippen LogP contribution in [0, 0.1) is 17.0 Å². The standard InChI is InChI=1S/C20H18N4O4/c1-3-11-23(20(25)16-5-4-6-17(12-16)24(26)27)13-18-21-19(22-28-18)15-9-7-14(2)8-10-15/h3-10,12H,1,11,13H2,2H3. The lowest BCUT2D eigenvalue weighted by atomic mass is 10.1. The summed E-state index contributed by atoms with van der Waals surface area (Å²) >= 11 is 0. The first-order valence-electron chi connectivity index (χ1n) is 8.52. The van der Waals surface area contributed by atoms with Crippen LogP contribution in [0.15, 0.2) is 65.7 Å². The van der Waals surface area contributed by atoms with Crippen molar-refractivity contribution in [2.45, 2.75) is 13.5 Å². The summed E-state index contributed by atoms with van der Waals surface area (Å²) in [5, 5.41) is 14.9. The third-order valence-electron chi connectivity index (χ3n) is 4.04. The molecule has 8 nitrogen and oxygen atoms in total. The molecular weight excluding hydrogens is 360 g/mol. The molecule has 28 heavy (non-hydrogen) atoms. The first-order valence-corrected chi connectivity index (χ1v) is 8.52. The van der Waals surface area contributed by atoms with E-state index in [2.05, 4.69) is 16.7 Å². The van der Waals surface area contributed by atoms with Crippen molar-refractivity contribution in [3.05, 3.63) is 88.3 Å². The number of nitro groups is 1. The number of benzene rings is 2. The maximum Gasteiger partial charge on any atom is 0.270 e. The summed E-state index contributed by atoms with van der Waals surface area (Å²) in [6, 6.07) is 13.2. The van der Waals surface area contributed by atoms with Crippen LogP contribution in [0.2, 0.25) is 0 Å². The van der Waals surface area contributed by atoms with Gasteiger partial charge in [0.1, 0.15) is 6.54 Å². The van der Waals surface area contributed by atoms with Gasteiger partial charge in [0.2, 0.25) is 11.7 Å². The number of hydrogen-bond donors (Lipinski definition) is 0. The number of carbonyl (C=O) groups is 1. The molecule has 0 saturated heterocycles. The Hall–Kier alpha value is -3.81. The first kappa shape index (κ1) is 19.0. The molecule has 0 bridgehead atoms. The second-order valence-electron chi connectivity index (χ2n) is 6.16. The van der Waals surface area contributed by atoms with Crippen molar-refractivity contribution >= 4 is 11.6 Å². The molecule has 0 aliphatic carbocycles. The van der Waals surface area contributed by atoms with Gasteiger partial charge in [-0.05, 0) is 13.0 Å². The summed E-state index contributed by atoms with van der Waals surface area (Å²) < 4.78 is 5.28. The van der Waals surface area contributed by atoms with Crippen LogP contribution in [0.1, 0.15) is 21.8 Å². The summed E-state index contributed by atoms with van der Waals surface area (Å²) in [4.78, 5) is 29.0. The molecule has 1 aromatic heterocycles. The van der Waals surface area contributed by atoms with E-state index in [1.165, 1.54) is 29.2 Å². The van der Waals surface area contributed by atoms with Crippen LogP contribution in [0.3, 0.4) is 0 Å². The molecular formula is C20H18N4O4. The van der Waals surface area contributed by atoms with E-state index in [1.54, 1.807) is 6.08 Å². The topological polar surface area (TPSA) is 102 Å². The average Bonchev–Trinajstić information content (AvgIpc) is 3.16. The summed E-state index contributed by atoms with van der Waals surface area (Å²) in [5.74, 6) is 0.297. The van der Waals surface area contributed by atoms with Gasteiger partial charge in [0, 0.05) is 29.8 Å². The number of amides is 1. The Balaban J connectivity index is 1.80. The minimum absolute atomic E-state index is 0.0619. The van der Waals surface area contributed by atoms with Crippen molar-refractivity contribution in [3.63, 3.8) is 0 Å². The van der Waals surface area contributed by atoms with E-state index in [9.17, 15) is 14.9 Å². The highest BCUT2D eigenvalue weighted by atomic mass is 16.6. The Morgan fingerprint density at radius 1 is 1.29 bits per heavy atom. The summed E-state index contributed by atoms with van der Waals surface area (Å²) in [7, 11) is 0. The van der Waals surface area contributed by atoms with Crippen molar-refractivity contribution < 1.29 is 14.2 Å². The van der Waals surface area contributed by atoms with E-state index >= 15 is 0 Å². The third kappa shape index (κ3) is 4.29. The van der Waals surface area contributed by atoms with Gasteiger partial charge in [-0.3, -0.25) is 14.9 Å². The summed E-state index contributed by atoms with van der Waals surface area (Å²) in [5.41, 5.74) is 1.98. The van der Waals surface area contributed by atoms with Gasteiger partial charge in [-0.25, -0.2) is 0 Å². The van der Waals surface area contributed by atoms with Crippen LogP contribution in [-0.4, -0.2) is 32.4 Å². The number of hydrogen-bond acceptors (Lipinski definition) is 6. The highest BCUT2D eigenvalue weighted by Crippen LogP contribution is 2.19. The molecule has 0 N–H and O–H groups in total. The number of nitro benzene ring substituents is 1. The fourth-order valence-corrected chi connectivity index (χ4v) is 2.61. The summed E-state index contributed by atoms with van der Waals surface area (Å²) in [6.45, 7) is 5.93. The number of non-ortho nitro benzene ring substituents is 1. The van der Waals surface area contributed by atoms with E-state index in [4.69, 9.17) is 4.52 Å². The highest BCUT2D eigenvalue weighted by molar-refractivity contribution is 5.94. The Kier molecular flexibility index (Phi) is 5.59. The second kappa shape index (κ2) is 8.26. The van der Waals surface area contributed by atoms with E-state index in [-0.39, 0.29) is 30.2 Å². The van der Waals surface area contributed by atoms with E-state index in [1.807, 2.05) is 31.2 Å². The molecule has 0 fully saturated rings. The van der Waals surface area contributed by atoms with Crippen LogP contribution < -0.4 is 0 Å². The van der Waals surface area contributed by atoms with Crippen LogP contribution >= 0.6 is 0 Å². The fraction of sp³-hybridized carbons (Fsp3) is 0.150. The first-order chi connectivity index (χ1) is 13.5. The third-order valence-corrected chi connectivity index (χ3v) is 4.04. The van der Waals surface area contributed by atoms with Crippen LogP contribution in [0.4, 0.5) is 5.69 Å². The van der Waals surface area contributed by atoms with Crippen molar-refractivity contribution in [2.24, 2.45) is 0 Å². The minimum Gasteiger partial charge on any atom is -0.337 e. The zero-order valence-corrected chi connectivity index (χ0v) is 15.2. The Morgan fingerprint density at radius 2 is 2.04 bits per heavy atom. The summed E-state index contributed by atoms with van der Waals surface area (Å²) in [6.07, 6.45) is 1.56. The van der Waals surface area contributed by atoms with Gasteiger partial charge < -0.3 is 9.42 Å². The SMILES string of the molecule is C=CCN(Cc1nc(-c2ccc(C)cc2)no1)C(=O)c1cccc([N+](=O)[O-])c1. The molecule has 8 heteroatoms. The minimum atomic E-state index is -0.541. The molecule has 142 valence electrons. The average molecular weight is 378 g/mol. The van der Waals surface area contributed by atoms with Crippen molar-refractivity contribution in [3.8, 4) is 11.4 Å². The van der Waals surface area contributed by atoms with E-state index < -0.39 is 10.8 Å². The Morgan fingerprint density at radius 3 is 2.71 bits per heavy atom. The van der Waals surface area contributed by atoms with E-state index in [0.29, 0.717) is 5.82 Å². The molecule has 3 rings (SSSR count). The molecule has 1 heterocycles. The maximum atomic E-state index is 12.8. The lowest BCUT2D eigenvalue weighted by Gasteiger charge is -2.19. The zero-order valence-electron chi connectivity index (χ0n) is 15.2. The smallest absolute Gasteiger partial charge is 0.270 e. The number of rotatable bonds is 7. The molecule has 0 aliphatic heterocycles. The predicted octanol–water partition coefficient (Wildman–Crippen LogP) is 3.78. The largest absolute Gasteiger partial charge is 0.337 e. The van der Waals surface area contributed by atoms with Gasteiger partial charge in [0.25, 0.3) is 11.6 Å². The molecule has 0 radical (unpaired) electrons. The van der Waals surface area contributed by atoms with Gasteiger partial charge in [0.15, 0.2) is 0 Å². The number of aryl methyl sites for hydroxylation is 1. The lowest BCUT2D eigenvalue weighted by Crippen LogP contribution is -2.30. The Bertz CT molecular complexity index is 1010. The quantitative estimate of drug-likeness (QED) is 0.352. The molecule has 0 atom stereocenters. The molecule has 0 saturated carbocycles. The molecule has 0 unspecified atom stereocenters. The van der Waals surface area contributed by atoms with Crippen molar-refractivity contribution in [2.75, 3.05) is 6.54 Å². The number of aromatic nitrogens is 2. The van der Waals surface area contributed by atoms with Gasteiger partial charge in [-0.2, -0.15) is 4.98 Å². The van der Waals surface area contributed by atoms with Gasteiger partial charge in [-0.1, -0.05) is 47.1 Å². The van der Waals surface area contributed by atoms with Gasteiger partial charge >= 0.3 is 0 Å². The van der Waals surface area contributed by atoms with Gasteiger partial charge in [-0.15, -0.1) is 6.58 Å². The fourth-order valence-electron chi connectivity index (χ4n) is 2.61.